The molecule has 1 N–H and O–H groups in total. The van der Waals surface area contributed by atoms with Crippen LogP contribution in [0, 0.1) is 0 Å². The minimum atomic E-state index is 0.549. The van der Waals surface area contributed by atoms with Crippen LogP contribution in [-0.4, -0.2) is 43.6 Å². The number of hydrogen-bond acceptors (Lipinski definition) is 7. The smallest absolute Gasteiger partial charge is 0.166 e. The van der Waals surface area contributed by atoms with E-state index in [1.807, 2.05) is 24.3 Å². The predicted molar refractivity (Wildman–Crippen MR) is 613 cm³/mol. The number of aromatic nitrogens is 9. The van der Waals surface area contributed by atoms with Crippen molar-refractivity contribution in [3.63, 3.8) is 0 Å². The Kier molecular flexibility index (Phi) is 18.9. The van der Waals surface area contributed by atoms with E-state index in [-0.39, 0.29) is 0 Å². The van der Waals surface area contributed by atoms with Gasteiger partial charge in [0, 0.05) is 126 Å². The lowest BCUT2D eigenvalue weighted by Crippen LogP contribution is -2.04. The van der Waals surface area contributed by atoms with Crippen molar-refractivity contribution >= 4 is 229 Å². The van der Waals surface area contributed by atoms with Gasteiger partial charge in [0.25, 0.3) is 0 Å². The van der Waals surface area contributed by atoms with Crippen molar-refractivity contribution in [2.45, 2.75) is 0 Å². The molecule has 0 spiro atoms. The third-order valence-corrected chi connectivity index (χ3v) is 30.2. The molecule has 0 bridgehead atoms. The van der Waals surface area contributed by atoms with Gasteiger partial charge in [0.2, 0.25) is 0 Å². The molecule has 0 aliphatic carbocycles. The normalized spacial score (nSPS) is 12.0. The fourth-order valence-corrected chi connectivity index (χ4v) is 23.4. The minimum Gasteiger partial charge on any atom is -0.455 e. The molecule has 0 amide bonds. The Morgan fingerprint density at radius 3 is 1.16 bits per heavy atom. The van der Waals surface area contributed by atoms with Crippen molar-refractivity contribution in [3.8, 4) is 85.1 Å². The minimum absolute atomic E-state index is 0.549. The van der Waals surface area contributed by atoms with Crippen LogP contribution < -0.4 is 0 Å². The molecule has 24 aromatic carbocycles. The molecule has 12 heteroatoms. The lowest BCUT2D eigenvalue weighted by Gasteiger charge is -2.16. The lowest BCUT2D eigenvalue weighted by atomic mass is 9.99. The van der Waals surface area contributed by atoms with Gasteiger partial charge in [0.05, 0.1) is 60.8 Å². The van der Waals surface area contributed by atoms with Gasteiger partial charge in [-0.05, 0) is 233 Å². The number of benzene rings is 24. The van der Waals surface area contributed by atoms with Gasteiger partial charge in [-0.25, -0.2) is 24.9 Å². The largest absolute Gasteiger partial charge is 0.455 e. The molecular formula is C135H80ClN9O2. The summed E-state index contributed by atoms with van der Waals surface area (Å²) in [5.74, 6) is 2.33. The number of fused-ring (bicyclic) bond motifs is 30. The maximum absolute atomic E-state index is 7.19. The fourth-order valence-electron chi connectivity index (χ4n) is 23.1. The SMILES string of the molecule is Clc1ccc2oc3c4ccccc4ccc3c2c1-c1cc(-c2ccc3c(c2)c2ccccc2n3-c2ccccc2)nc(-c2ccc3ccccc3c2)n1.c1ccc(-n2c3ccccc3c3cc(-c4nc(-c5ccc6ccccc6c5)nc(-c5c(-n6c7cc8ccccc8cc7c7c8ccccc8ccc76)ccc6oc7c8ccccc8ccc7c56)n4)ccc32)cc1.c1ccc2cc3c(cc2c1)[nH]c1ccc2ccccc2c13. The monoisotopic (exact) mass is 1890 g/mol. The van der Waals surface area contributed by atoms with E-state index in [0.717, 1.165) is 203 Å². The first-order valence-corrected chi connectivity index (χ1v) is 50.0. The van der Waals surface area contributed by atoms with Crippen LogP contribution >= 0.6 is 11.6 Å². The van der Waals surface area contributed by atoms with Crippen LogP contribution in [0.2, 0.25) is 5.02 Å². The molecule has 0 aliphatic rings. The van der Waals surface area contributed by atoms with Gasteiger partial charge < -0.3 is 27.5 Å². The molecule has 0 aliphatic heterocycles. The Bertz CT molecular complexity index is 11200. The van der Waals surface area contributed by atoms with Crippen molar-refractivity contribution in [2.24, 2.45) is 0 Å². The second kappa shape index (κ2) is 33.3. The van der Waals surface area contributed by atoms with E-state index in [1.165, 1.54) is 75.7 Å². The molecule has 0 radical (unpaired) electrons. The maximum atomic E-state index is 7.19. The molecule has 0 unspecified atom stereocenters. The van der Waals surface area contributed by atoms with Crippen LogP contribution in [0.1, 0.15) is 0 Å². The second-order valence-corrected chi connectivity index (χ2v) is 38.6. The Morgan fingerprint density at radius 2 is 0.585 bits per heavy atom. The average Bonchev–Trinajstić information content (AvgIpc) is 1.55. The molecule has 8 heterocycles. The van der Waals surface area contributed by atoms with Crippen molar-refractivity contribution < 1.29 is 8.83 Å². The summed E-state index contributed by atoms with van der Waals surface area (Å²) in [5.41, 5.74) is 22.4. The summed E-state index contributed by atoms with van der Waals surface area (Å²) in [6, 6.07) is 170. The summed E-state index contributed by atoms with van der Waals surface area (Å²) in [6.07, 6.45) is 0. The standard InChI is InChI=1S/C67H39N5O.C48H28ClN3O.C20H13N/c1-2-20-48(21-3-1)71-55-25-13-12-24-51(55)53-38-47(30-32-56(53)71)66-68-65(46-27-26-40-14-4-5-17-43(40)36-46)69-67(70-66)63-58(34-35-60-62(63)52-31-28-42-16-9-11-23-50(42)64(52)73-60)72-57-33-29-41-15-8-10-22-49(41)61(57)54-37-44-18-6-7-19-45(44)39-59(54)72;49-39-23-25-44-45(37-22-20-30-11-6-7-15-35(30)47(37)53-44)46(39)41-28-40(50-48(51-41)33-19-18-29-10-4-5-12-31(29)26-33)32-21-24-43-38(27-32)36-16-8-9-17-42(36)52(43)34-13-2-1-3-14-34;1-2-7-15-12-19-17(11-14(15)6-1)20-16-8-4-3-5-13(16)9-10-18(20)21-19/h1-39H;1-28H;1-12,21H. The quantitative estimate of drug-likeness (QED) is 0.153. The number of H-pyrrole nitrogens is 1. The number of halogens is 1. The van der Waals surface area contributed by atoms with Crippen molar-refractivity contribution in [2.75, 3.05) is 0 Å². The van der Waals surface area contributed by atoms with E-state index in [4.69, 9.17) is 45.4 Å². The lowest BCUT2D eigenvalue weighted by molar-refractivity contribution is 0.672. The van der Waals surface area contributed by atoms with Gasteiger partial charge in [-0.2, -0.15) is 0 Å². The number of furan rings is 2. The molecule has 0 saturated heterocycles. The van der Waals surface area contributed by atoms with Crippen molar-refractivity contribution in [3.05, 3.63) is 484 Å². The van der Waals surface area contributed by atoms with Crippen molar-refractivity contribution in [1.29, 1.82) is 0 Å². The summed E-state index contributed by atoms with van der Waals surface area (Å²) in [6.45, 7) is 0. The summed E-state index contributed by atoms with van der Waals surface area (Å²) < 4.78 is 20.7. The number of aromatic amines is 1. The molecule has 147 heavy (non-hydrogen) atoms. The molecule has 0 atom stereocenters. The zero-order valence-corrected chi connectivity index (χ0v) is 79.6. The molecule has 8 aromatic heterocycles. The Morgan fingerprint density at radius 1 is 0.197 bits per heavy atom. The Balaban J connectivity index is 0.000000117. The fraction of sp³-hybridized carbons (Fsp3) is 0. The van der Waals surface area contributed by atoms with Crippen LogP contribution in [0.3, 0.4) is 0 Å². The van der Waals surface area contributed by atoms with Crippen LogP contribution in [0.5, 0.6) is 0 Å². The van der Waals surface area contributed by atoms with Crippen LogP contribution in [0.25, 0.3) is 302 Å². The van der Waals surface area contributed by atoms with Crippen LogP contribution in [-0.2, 0) is 0 Å². The first-order chi connectivity index (χ1) is 72.8. The molecular weight excluding hydrogens is 1810 g/mol. The molecule has 32 aromatic rings. The predicted octanol–water partition coefficient (Wildman–Crippen LogP) is 36.6. The van der Waals surface area contributed by atoms with Gasteiger partial charge in [0.1, 0.15) is 22.3 Å². The zero-order chi connectivity index (χ0) is 96.6. The number of nitrogens with zero attached hydrogens (tertiary/aromatic N) is 8. The van der Waals surface area contributed by atoms with E-state index in [0.29, 0.717) is 28.3 Å². The highest BCUT2D eigenvalue weighted by molar-refractivity contribution is 6.37. The Hall–Kier alpha value is -19.5. The summed E-state index contributed by atoms with van der Waals surface area (Å²) >= 11 is 7.19. The molecule has 0 saturated carbocycles. The summed E-state index contributed by atoms with van der Waals surface area (Å²) in [4.78, 5) is 30.8. The van der Waals surface area contributed by atoms with Crippen LogP contribution in [0.4, 0.5) is 0 Å². The molecule has 32 rings (SSSR count). The van der Waals surface area contributed by atoms with E-state index in [2.05, 4.69) is 474 Å². The highest BCUT2D eigenvalue weighted by Gasteiger charge is 2.30. The average molecular weight is 1900 g/mol. The number of nitrogens with one attached hydrogen (secondary N) is 1. The van der Waals surface area contributed by atoms with E-state index >= 15 is 0 Å². The number of para-hydroxylation sites is 4. The van der Waals surface area contributed by atoms with E-state index in [1.54, 1.807) is 0 Å². The third-order valence-electron chi connectivity index (χ3n) is 29.9. The van der Waals surface area contributed by atoms with Gasteiger partial charge in [-0.3, -0.25) is 0 Å². The van der Waals surface area contributed by atoms with Gasteiger partial charge in [-0.15, -0.1) is 0 Å². The number of hydrogen-bond donors (Lipinski definition) is 1. The second-order valence-electron chi connectivity index (χ2n) is 38.2. The van der Waals surface area contributed by atoms with Gasteiger partial charge >= 0.3 is 0 Å². The Labute approximate surface area is 844 Å². The molecule has 684 valence electrons. The van der Waals surface area contributed by atoms with Crippen LogP contribution in [0.15, 0.2) is 488 Å². The highest BCUT2D eigenvalue weighted by Crippen LogP contribution is 2.50. The van der Waals surface area contributed by atoms with Crippen molar-refractivity contribution in [1.82, 2.24) is 43.6 Å². The summed E-state index contributed by atoms with van der Waals surface area (Å²) in [5, 5.41) is 32.9. The molecule has 11 nitrogen and oxygen atoms in total. The van der Waals surface area contributed by atoms with E-state index < -0.39 is 0 Å². The highest BCUT2D eigenvalue weighted by atomic mass is 35.5. The first-order valence-electron chi connectivity index (χ1n) is 49.7. The maximum Gasteiger partial charge on any atom is 0.166 e. The molecule has 0 fully saturated rings. The number of rotatable bonds is 9. The van der Waals surface area contributed by atoms with Gasteiger partial charge in [0.15, 0.2) is 23.3 Å². The van der Waals surface area contributed by atoms with E-state index in [9.17, 15) is 0 Å². The third kappa shape index (κ3) is 13.6. The first kappa shape index (κ1) is 83.3. The zero-order valence-electron chi connectivity index (χ0n) is 78.9. The van der Waals surface area contributed by atoms with Gasteiger partial charge in [-0.1, -0.05) is 333 Å². The summed E-state index contributed by atoms with van der Waals surface area (Å²) in [7, 11) is 0. The topological polar surface area (TPSA) is 121 Å².